The molecule has 1 nitrogen and oxygen atoms in total. The van der Waals surface area contributed by atoms with E-state index in [2.05, 4.69) is 12.7 Å². The summed E-state index contributed by atoms with van der Waals surface area (Å²) < 4.78 is 5.45. The molecule has 0 saturated carbocycles. The van der Waals surface area contributed by atoms with Gasteiger partial charge in [0.2, 0.25) is 0 Å². The largest absolute Gasteiger partial charge is 0.498 e. The molecule has 0 spiro atoms. The first-order valence-corrected chi connectivity index (χ1v) is 4.36. The van der Waals surface area contributed by atoms with Gasteiger partial charge in [-0.25, -0.2) is 0 Å². The van der Waals surface area contributed by atoms with Gasteiger partial charge in [0, 0.05) is 6.42 Å². The van der Waals surface area contributed by atoms with Crippen LogP contribution in [0.1, 0.15) is 32.1 Å². The maximum Gasteiger partial charge on any atom is 0.0920 e. The average molecular weight is 152 g/mol. The minimum atomic E-state index is 0.917. The van der Waals surface area contributed by atoms with Crippen molar-refractivity contribution in [3.8, 4) is 0 Å². The number of allylic oxidation sites excluding steroid dienone is 3. The Morgan fingerprint density at radius 3 is 3.18 bits per heavy atom. The molecule has 0 amide bonds. The molecule has 0 aliphatic carbocycles. The maximum atomic E-state index is 5.45. The van der Waals surface area contributed by atoms with Crippen molar-refractivity contribution in [2.24, 2.45) is 0 Å². The van der Waals surface area contributed by atoms with Gasteiger partial charge >= 0.3 is 0 Å². The van der Waals surface area contributed by atoms with Gasteiger partial charge in [-0.05, 0) is 31.8 Å². The van der Waals surface area contributed by atoms with Gasteiger partial charge in [0.1, 0.15) is 0 Å². The molecule has 1 heteroatoms. The maximum absolute atomic E-state index is 5.45. The Kier molecular flexibility index (Phi) is 3.81. The molecule has 0 fully saturated rings. The zero-order valence-electron chi connectivity index (χ0n) is 7.01. The Balaban J connectivity index is 2.14. The van der Waals surface area contributed by atoms with Crippen LogP contribution in [0.4, 0.5) is 0 Å². The number of ether oxygens (including phenoxy) is 1. The van der Waals surface area contributed by atoms with Gasteiger partial charge in [-0.2, -0.15) is 0 Å². The molecule has 0 aromatic rings. The first-order chi connectivity index (χ1) is 5.43. The second-order valence-corrected chi connectivity index (χ2v) is 2.84. The van der Waals surface area contributed by atoms with Crippen molar-refractivity contribution in [1.82, 2.24) is 0 Å². The summed E-state index contributed by atoms with van der Waals surface area (Å²) >= 11 is 0. The Labute approximate surface area is 68.8 Å². The first-order valence-electron chi connectivity index (χ1n) is 4.36. The first kappa shape index (κ1) is 8.38. The molecule has 0 unspecified atom stereocenters. The Morgan fingerprint density at radius 1 is 1.64 bits per heavy atom. The van der Waals surface area contributed by atoms with E-state index in [1.165, 1.54) is 25.0 Å². The van der Waals surface area contributed by atoms with Crippen LogP contribution in [-0.4, -0.2) is 6.61 Å². The van der Waals surface area contributed by atoms with Crippen molar-refractivity contribution >= 4 is 0 Å². The van der Waals surface area contributed by atoms with Crippen molar-refractivity contribution < 1.29 is 4.74 Å². The lowest BCUT2D eigenvalue weighted by Crippen LogP contribution is -2.00. The van der Waals surface area contributed by atoms with Crippen LogP contribution in [0.2, 0.25) is 0 Å². The highest BCUT2D eigenvalue weighted by atomic mass is 16.5. The van der Waals surface area contributed by atoms with E-state index in [9.17, 15) is 0 Å². The van der Waals surface area contributed by atoms with E-state index in [4.69, 9.17) is 4.74 Å². The topological polar surface area (TPSA) is 9.23 Å². The summed E-state index contributed by atoms with van der Waals surface area (Å²) in [7, 11) is 0. The molecule has 62 valence electrons. The third kappa shape index (κ3) is 3.26. The Morgan fingerprint density at radius 2 is 2.55 bits per heavy atom. The number of hydrogen-bond acceptors (Lipinski definition) is 1. The van der Waals surface area contributed by atoms with E-state index in [1.807, 2.05) is 6.08 Å². The summed E-state index contributed by atoms with van der Waals surface area (Å²) in [5.74, 6) is 1.19. The van der Waals surface area contributed by atoms with E-state index < -0.39 is 0 Å². The second kappa shape index (κ2) is 5.00. The standard InChI is InChI=1S/C10H16O/c1-2-3-4-7-10-8-5-6-9-11-10/h2,8H,1,3-7,9H2. The summed E-state index contributed by atoms with van der Waals surface area (Å²) in [6.07, 6.45) is 9.92. The lowest BCUT2D eigenvalue weighted by molar-refractivity contribution is 0.183. The van der Waals surface area contributed by atoms with Gasteiger partial charge in [0.25, 0.3) is 0 Å². The summed E-state index contributed by atoms with van der Waals surface area (Å²) in [5, 5.41) is 0. The quantitative estimate of drug-likeness (QED) is 0.444. The van der Waals surface area contributed by atoms with Crippen LogP contribution in [-0.2, 0) is 4.74 Å². The van der Waals surface area contributed by atoms with Crippen LogP contribution in [0.3, 0.4) is 0 Å². The fourth-order valence-corrected chi connectivity index (χ4v) is 1.20. The molecule has 0 saturated heterocycles. The average Bonchev–Trinajstić information content (AvgIpc) is 2.07. The lowest BCUT2D eigenvalue weighted by Gasteiger charge is -2.13. The molecule has 0 aromatic heterocycles. The molecule has 1 rings (SSSR count). The molecule has 11 heavy (non-hydrogen) atoms. The Bertz CT molecular complexity index is 147. The predicted octanol–water partition coefficient (Wildman–Crippen LogP) is 3.04. The van der Waals surface area contributed by atoms with E-state index in [1.54, 1.807) is 0 Å². The van der Waals surface area contributed by atoms with Gasteiger partial charge in [-0.3, -0.25) is 0 Å². The summed E-state index contributed by atoms with van der Waals surface area (Å²) in [6, 6.07) is 0. The van der Waals surface area contributed by atoms with E-state index in [-0.39, 0.29) is 0 Å². The zero-order chi connectivity index (χ0) is 7.94. The lowest BCUT2D eigenvalue weighted by atomic mass is 10.1. The molecular formula is C10H16O. The molecule has 1 aliphatic heterocycles. The van der Waals surface area contributed by atoms with Crippen molar-refractivity contribution in [2.45, 2.75) is 32.1 Å². The van der Waals surface area contributed by atoms with Crippen LogP contribution < -0.4 is 0 Å². The van der Waals surface area contributed by atoms with Gasteiger partial charge in [-0.15, -0.1) is 6.58 Å². The highest BCUT2D eigenvalue weighted by Crippen LogP contribution is 2.15. The molecule has 0 N–H and O–H groups in total. The highest BCUT2D eigenvalue weighted by molar-refractivity contribution is 4.95. The summed E-state index contributed by atoms with van der Waals surface area (Å²) in [6.45, 7) is 4.60. The highest BCUT2D eigenvalue weighted by Gasteiger charge is 2.02. The number of rotatable bonds is 4. The molecular weight excluding hydrogens is 136 g/mol. The van der Waals surface area contributed by atoms with Crippen LogP contribution in [0.15, 0.2) is 24.5 Å². The smallest absolute Gasteiger partial charge is 0.0920 e. The van der Waals surface area contributed by atoms with Crippen LogP contribution in [0.25, 0.3) is 0 Å². The predicted molar refractivity (Wildman–Crippen MR) is 47.3 cm³/mol. The van der Waals surface area contributed by atoms with Gasteiger partial charge in [0.05, 0.1) is 12.4 Å². The summed E-state index contributed by atoms with van der Waals surface area (Å²) in [4.78, 5) is 0. The number of hydrogen-bond donors (Lipinski definition) is 0. The third-order valence-corrected chi connectivity index (χ3v) is 1.84. The van der Waals surface area contributed by atoms with Crippen LogP contribution in [0.5, 0.6) is 0 Å². The van der Waals surface area contributed by atoms with Gasteiger partial charge < -0.3 is 4.74 Å². The number of unbranched alkanes of at least 4 members (excludes halogenated alkanes) is 1. The monoisotopic (exact) mass is 152 g/mol. The van der Waals surface area contributed by atoms with Crippen LogP contribution in [0, 0.1) is 0 Å². The van der Waals surface area contributed by atoms with E-state index in [0.29, 0.717) is 0 Å². The fraction of sp³-hybridized carbons (Fsp3) is 0.600. The van der Waals surface area contributed by atoms with Gasteiger partial charge in [-0.1, -0.05) is 6.08 Å². The minimum absolute atomic E-state index is 0.917. The molecule has 0 atom stereocenters. The van der Waals surface area contributed by atoms with Crippen molar-refractivity contribution in [2.75, 3.05) is 6.61 Å². The van der Waals surface area contributed by atoms with Gasteiger partial charge in [0.15, 0.2) is 0 Å². The van der Waals surface area contributed by atoms with E-state index >= 15 is 0 Å². The molecule has 1 aliphatic rings. The SMILES string of the molecule is C=CCCCC1=CCCCO1. The molecule has 0 bridgehead atoms. The molecule has 1 heterocycles. The molecule has 0 radical (unpaired) electrons. The third-order valence-electron chi connectivity index (χ3n) is 1.84. The van der Waals surface area contributed by atoms with Crippen molar-refractivity contribution in [3.05, 3.63) is 24.5 Å². The van der Waals surface area contributed by atoms with Crippen molar-refractivity contribution in [1.29, 1.82) is 0 Å². The zero-order valence-corrected chi connectivity index (χ0v) is 7.01. The normalized spacial score (nSPS) is 16.9. The van der Waals surface area contributed by atoms with Crippen molar-refractivity contribution in [3.63, 3.8) is 0 Å². The second-order valence-electron chi connectivity index (χ2n) is 2.84. The minimum Gasteiger partial charge on any atom is -0.498 e. The van der Waals surface area contributed by atoms with Crippen LogP contribution >= 0.6 is 0 Å². The fourth-order valence-electron chi connectivity index (χ4n) is 1.20. The Hall–Kier alpha value is -0.720. The summed E-state index contributed by atoms with van der Waals surface area (Å²) in [5.41, 5.74) is 0. The molecule has 0 aromatic carbocycles. The van der Waals surface area contributed by atoms with E-state index in [0.717, 1.165) is 19.4 Å².